The lowest BCUT2D eigenvalue weighted by Crippen LogP contribution is -2.54. The molecule has 0 aliphatic carbocycles. The Morgan fingerprint density at radius 3 is 2.14 bits per heavy atom. The molecule has 1 atom stereocenters. The summed E-state index contributed by atoms with van der Waals surface area (Å²) in [7, 11) is -3.58. The Kier molecular flexibility index (Phi) is 11.4. The van der Waals surface area contributed by atoms with Crippen LogP contribution in [0.15, 0.2) is 77.3 Å². The summed E-state index contributed by atoms with van der Waals surface area (Å²) in [6, 6.07) is 22.1. The van der Waals surface area contributed by atoms with Crippen molar-refractivity contribution < 1.29 is 18.0 Å². The zero-order chi connectivity index (χ0) is 31.1. The van der Waals surface area contributed by atoms with E-state index in [0.29, 0.717) is 18.5 Å². The van der Waals surface area contributed by atoms with Gasteiger partial charge < -0.3 is 10.2 Å². The second-order valence-corrected chi connectivity index (χ2v) is 14.6. The Balaban J connectivity index is 1.92. The smallest absolute Gasteiger partial charge is 0.243 e. The van der Waals surface area contributed by atoms with Gasteiger partial charge in [0.2, 0.25) is 21.8 Å². The molecule has 0 radical (unpaired) electrons. The highest BCUT2D eigenvalue weighted by atomic mass is 79.9. The average molecular weight is 657 g/mol. The van der Waals surface area contributed by atoms with Crippen molar-refractivity contribution in [2.24, 2.45) is 0 Å². The number of hydrogen-bond acceptors (Lipinski definition) is 4. The van der Waals surface area contributed by atoms with Crippen LogP contribution in [0, 0.1) is 13.8 Å². The van der Waals surface area contributed by atoms with Crippen molar-refractivity contribution in [3.8, 4) is 0 Å². The molecular formula is C33H42BrN3O4S. The number of aryl methyl sites for hydroxylation is 1. The molecule has 3 aromatic carbocycles. The molecule has 0 aliphatic rings. The lowest BCUT2D eigenvalue weighted by molar-refractivity contribution is -0.142. The van der Waals surface area contributed by atoms with E-state index in [9.17, 15) is 18.0 Å². The fraction of sp³-hybridized carbons (Fsp3) is 0.394. The summed E-state index contributed by atoms with van der Waals surface area (Å²) in [5.41, 5.74) is 3.84. The summed E-state index contributed by atoms with van der Waals surface area (Å²) < 4.78 is 27.9. The number of sulfonamides is 1. The van der Waals surface area contributed by atoms with Crippen molar-refractivity contribution in [3.63, 3.8) is 0 Å². The van der Waals surface area contributed by atoms with Crippen LogP contribution in [0.5, 0.6) is 0 Å². The number of halogens is 1. The number of nitrogens with one attached hydrogen (secondary N) is 1. The van der Waals surface area contributed by atoms with E-state index in [2.05, 4.69) is 21.2 Å². The third kappa shape index (κ3) is 9.70. The first kappa shape index (κ1) is 33.3. The molecule has 0 fully saturated rings. The molecule has 9 heteroatoms. The minimum Gasteiger partial charge on any atom is -0.350 e. The summed E-state index contributed by atoms with van der Waals surface area (Å²) in [4.78, 5) is 29.3. The summed E-state index contributed by atoms with van der Waals surface area (Å²) in [6.07, 6.45) is 1.92. The van der Waals surface area contributed by atoms with Gasteiger partial charge in [-0.3, -0.25) is 13.9 Å². The van der Waals surface area contributed by atoms with Gasteiger partial charge in [0.15, 0.2) is 0 Å². The normalized spacial score (nSPS) is 12.5. The topological polar surface area (TPSA) is 86.8 Å². The van der Waals surface area contributed by atoms with Crippen molar-refractivity contribution in [2.45, 2.75) is 72.0 Å². The zero-order valence-electron chi connectivity index (χ0n) is 25.4. The maximum absolute atomic E-state index is 14.0. The molecule has 2 amide bonds. The SMILES string of the molecule is Cc1cccc(N(CCCC(=O)N(Cc2ccc(Br)cc2)[C@H](Cc2ccccc2)C(=O)NC(C)(C)C)S(C)(=O)=O)c1C. The minimum atomic E-state index is -3.58. The molecule has 42 heavy (non-hydrogen) atoms. The quantitative estimate of drug-likeness (QED) is 0.253. The van der Waals surface area contributed by atoms with Gasteiger partial charge in [-0.05, 0) is 81.5 Å². The lowest BCUT2D eigenvalue weighted by Gasteiger charge is -2.34. The van der Waals surface area contributed by atoms with Crippen LogP contribution in [-0.2, 0) is 32.6 Å². The molecule has 0 heterocycles. The first-order chi connectivity index (χ1) is 19.7. The van der Waals surface area contributed by atoms with Crippen molar-refractivity contribution in [1.82, 2.24) is 10.2 Å². The molecule has 1 N–H and O–H groups in total. The van der Waals surface area contributed by atoms with E-state index in [1.54, 1.807) is 11.0 Å². The first-order valence-corrected chi connectivity index (χ1v) is 16.7. The highest BCUT2D eigenvalue weighted by Crippen LogP contribution is 2.26. The maximum atomic E-state index is 14.0. The Labute approximate surface area is 259 Å². The van der Waals surface area contributed by atoms with Crippen LogP contribution >= 0.6 is 15.9 Å². The van der Waals surface area contributed by atoms with Gasteiger partial charge in [-0.25, -0.2) is 8.42 Å². The largest absolute Gasteiger partial charge is 0.350 e. The van der Waals surface area contributed by atoms with E-state index in [-0.39, 0.29) is 31.3 Å². The third-order valence-corrected chi connectivity index (χ3v) is 8.74. The van der Waals surface area contributed by atoms with Gasteiger partial charge in [-0.1, -0.05) is 70.5 Å². The van der Waals surface area contributed by atoms with Gasteiger partial charge >= 0.3 is 0 Å². The molecule has 7 nitrogen and oxygen atoms in total. The molecule has 0 bridgehead atoms. The molecule has 0 saturated heterocycles. The average Bonchev–Trinajstić information content (AvgIpc) is 2.90. The van der Waals surface area contributed by atoms with Crippen molar-refractivity contribution in [3.05, 3.63) is 99.5 Å². The number of rotatable bonds is 12. The number of carbonyl (C=O) groups is 2. The van der Waals surface area contributed by atoms with Crippen molar-refractivity contribution in [2.75, 3.05) is 17.1 Å². The Hall–Kier alpha value is -3.17. The number of carbonyl (C=O) groups excluding carboxylic acids is 2. The number of amides is 2. The standard InChI is InChI=1S/C33H42BrN3O4S/c1-24-12-10-15-29(25(24)2)37(42(6,40)41)21-11-16-31(38)36(23-27-17-19-28(34)20-18-27)30(32(39)35-33(3,4)5)22-26-13-8-7-9-14-26/h7-10,12-15,17-20,30H,11,16,21-23H2,1-6H3,(H,35,39)/t30-/m1/s1. The molecular weight excluding hydrogens is 614 g/mol. The van der Waals surface area contributed by atoms with E-state index >= 15 is 0 Å². The predicted octanol–water partition coefficient (Wildman–Crippen LogP) is 6.17. The van der Waals surface area contributed by atoms with E-state index < -0.39 is 21.6 Å². The Morgan fingerprint density at radius 1 is 0.905 bits per heavy atom. The van der Waals surface area contributed by atoms with E-state index in [0.717, 1.165) is 26.7 Å². The Morgan fingerprint density at radius 2 is 1.55 bits per heavy atom. The summed E-state index contributed by atoms with van der Waals surface area (Å²) in [5, 5.41) is 3.07. The second kappa shape index (κ2) is 14.3. The maximum Gasteiger partial charge on any atom is 0.243 e. The highest BCUT2D eigenvalue weighted by molar-refractivity contribution is 9.10. The van der Waals surface area contributed by atoms with Crippen LogP contribution in [0.1, 0.15) is 55.9 Å². The van der Waals surface area contributed by atoms with Gasteiger partial charge in [0.05, 0.1) is 11.9 Å². The zero-order valence-corrected chi connectivity index (χ0v) is 27.8. The third-order valence-electron chi connectivity index (χ3n) is 7.03. The van der Waals surface area contributed by atoms with Gasteiger partial charge in [0, 0.05) is 35.9 Å². The monoisotopic (exact) mass is 655 g/mol. The van der Waals surface area contributed by atoms with Crippen LogP contribution in [-0.4, -0.2) is 49.5 Å². The minimum absolute atomic E-state index is 0.0848. The lowest BCUT2D eigenvalue weighted by atomic mass is 10.00. The van der Waals surface area contributed by atoms with Crippen LogP contribution in [0.2, 0.25) is 0 Å². The molecule has 0 aromatic heterocycles. The summed E-state index contributed by atoms with van der Waals surface area (Å²) >= 11 is 3.46. The molecule has 0 saturated carbocycles. The number of anilines is 1. The van der Waals surface area contributed by atoms with Gasteiger partial charge in [0.25, 0.3) is 0 Å². The predicted molar refractivity (Wildman–Crippen MR) is 174 cm³/mol. The fourth-order valence-corrected chi connectivity index (χ4v) is 6.06. The molecule has 0 aliphatic heterocycles. The highest BCUT2D eigenvalue weighted by Gasteiger charge is 2.32. The Bertz CT molecular complexity index is 1470. The van der Waals surface area contributed by atoms with Gasteiger partial charge in [-0.2, -0.15) is 0 Å². The van der Waals surface area contributed by atoms with Crippen LogP contribution in [0.4, 0.5) is 5.69 Å². The van der Waals surface area contributed by atoms with Gasteiger partial charge in [-0.15, -0.1) is 0 Å². The van der Waals surface area contributed by atoms with Crippen LogP contribution in [0.3, 0.4) is 0 Å². The molecule has 0 spiro atoms. The van der Waals surface area contributed by atoms with Crippen molar-refractivity contribution in [1.29, 1.82) is 0 Å². The fourth-order valence-electron chi connectivity index (χ4n) is 4.78. The molecule has 3 rings (SSSR count). The molecule has 3 aromatic rings. The second-order valence-electron chi connectivity index (χ2n) is 11.8. The van der Waals surface area contributed by atoms with Crippen LogP contribution < -0.4 is 9.62 Å². The summed E-state index contributed by atoms with van der Waals surface area (Å²) in [5.74, 6) is -0.442. The first-order valence-electron chi connectivity index (χ1n) is 14.1. The molecule has 0 unspecified atom stereocenters. The molecule has 226 valence electrons. The number of nitrogens with zero attached hydrogens (tertiary/aromatic N) is 2. The summed E-state index contributed by atoms with van der Waals surface area (Å²) in [6.45, 7) is 9.98. The number of hydrogen-bond donors (Lipinski definition) is 1. The van der Waals surface area contributed by atoms with Crippen molar-refractivity contribution >= 4 is 43.5 Å². The van der Waals surface area contributed by atoms with Gasteiger partial charge in [0.1, 0.15) is 6.04 Å². The van der Waals surface area contributed by atoms with Crippen LogP contribution in [0.25, 0.3) is 0 Å². The van der Waals surface area contributed by atoms with E-state index in [1.165, 1.54) is 10.6 Å². The number of benzene rings is 3. The van der Waals surface area contributed by atoms with E-state index in [1.807, 2.05) is 101 Å². The van der Waals surface area contributed by atoms with E-state index in [4.69, 9.17) is 0 Å².